The maximum absolute atomic E-state index is 15.4. The molecule has 1 aromatic heterocycles. The molecule has 0 aliphatic heterocycles. The monoisotopic (exact) mass is 367 g/mol. The predicted octanol–water partition coefficient (Wildman–Crippen LogP) is 4.58. The molecule has 1 aliphatic carbocycles. The minimum Gasteiger partial charge on any atom is -0.387 e. The van der Waals surface area contributed by atoms with Gasteiger partial charge < -0.3 is 5.11 Å². The number of halogens is 3. The first-order chi connectivity index (χ1) is 11.4. The minimum absolute atomic E-state index is 0.0162. The van der Waals surface area contributed by atoms with E-state index in [1.165, 1.54) is 12.3 Å². The molecule has 0 radical (unpaired) electrons. The average Bonchev–Trinajstić information content (AvgIpc) is 2.57. The van der Waals surface area contributed by atoms with Crippen molar-refractivity contribution in [3.05, 3.63) is 63.4 Å². The lowest BCUT2D eigenvalue weighted by Crippen LogP contribution is -2.36. The maximum Gasteiger partial charge on any atom is 0.195 e. The number of Topliss-reactive ketones (excluding diaryl/α,β-unsaturated/α-hetero) is 1. The number of aryl methyl sites for hydroxylation is 1. The lowest BCUT2D eigenvalue weighted by molar-refractivity contribution is -0.133. The second kappa shape index (κ2) is 6.79. The predicted molar refractivity (Wildman–Crippen MR) is 91.0 cm³/mol. The van der Waals surface area contributed by atoms with Gasteiger partial charge in [0.2, 0.25) is 0 Å². The fourth-order valence-corrected chi connectivity index (χ4v) is 3.59. The molecule has 0 saturated carbocycles. The van der Waals surface area contributed by atoms with E-state index in [-0.39, 0.29) is 30.5 Å². The lowest BCUT2D eigenvalue weighted by atomic mass is 9.77. The summed E-state index contributed by atoms with van der Waals surface area (Å²) in [6, 6.07) is 8.13. The standard InChI is InChI=1S/C18H16Cl2FNO2/c19-12-5-3-11(14(20)10-12)4-6-16(24)18(21)8-7-15(23)17-13(18)2-1-9-22-17/h1-3,5,9-10,15,23H,4,6-8H2/t15-,18-/m0/s1. The van der Waals surface area contributed by atoms with E-state index in [2.05, 4.69) is 4.98 Å². The van der Waals surface area contributed by atoms with Crippen LogP contribution in [0.2, 0.25) is 10.0 Å². The van der Waals surface area contributed by atoms with Crippen molar-refractivity contribution in [1.29, 1.82) is 0 Å². The van der Waals surface area contributed by atoms with Crippen molar-refractivity contribution in [3.63, 3.8) is 0 Å². The topological polar surface area (TPSA) is 50.2 Å². The zero-order chi connectivity index (χ0) is 17.3. The fourth-order valence-electron chi connectivity index (χ4n) is 3.09. The fraction of sp³-hybridized carbons (Fsp3) is 0.333. The van der Waals surface area contributed by atoms with E-state index in [9.17, 15) is 9.90 Å². The number of nitrogens with zero attached hydrogens (tertiary/aromatic N) is 1. The first-order valence-electron chi connectivity index (χ1n) is 7.71. The number of ketones is 1. The number of rotatable bonds is 4. The van der Waals surface area contributed by atoms with Gasteiger partial charge in [0.1, 0.15) is 0 Å². The van der Waals surface area contributed by atoms with Gasteiger partial charge in [0.15, 0.2) is 11.5 Å². The molecule has 24 heavy (non-hydrogen) atoms. The zero-order valence-electron chi connectivity index (χ0n) is 12.8. The van der Waals surface area contributed by atoms with Gasteiger partial charge in [0.05, 0.1) is 11.8 Å². The summed E-state index contributed by atoms with van der Waals surface area (Å²) in [5.41, 5.74) is -0.929. The molecule has 0 unspecified atom stereocenters. The molecule has 0 fully saturated rings. The number of carbonyl (C=O) groups is 1. The summed E-state index contributed by atoms with van der Waals surface area (Å²) < 4.78 is 15.4. The highest BCUT2D eigenvalue weighted by atomic mass is 35.5. The van der Waals surface area contributed by atoms with Crippen molar-refractivity contribution in [2.75, 3.05) is 0 Å². The molecule has 0 bridgehead atoms. The highest BCUT2D eigenvalue weighted by Gasteiger charge is 2.45. The first-order valence-corrected chi connectivity index (χ1v) is 8.47. The molecule has 1 N–H and O–H groups in total. The molecule has 0 amide bonds. The molecule has 3 nitrogen and oxygen atoms in total. The number of carbonyl (C=O) groups excluding carboxylic acids is 1. The van der Waals surface area contributed by atoms with Crippen LogP contribution in [-0.2, 0) is 16.9 Å². The average molecular weight is 368 g/mol. The van der Waals surface area contributed by atoms with Crippen LogP contribution in [0.5, 0.6) is 0 Å². The number of pyridine rings is 1. The van der Waals surface area contributed by atoms with Crippen LogP contribution >= 0.6 is 23.2 Å². The smallest absolute Gasteiger partial charge is 0.195 e. The third-order valence-corrected chi connectivity index (χ3v) is 5.01. The highest BCUT2D eigenvalue weighted by Crippen LogP contribution is 2.43. The van der Waals surface area contributed by atoms with Crippen LogP contribution in [0.25, 0.3) is 0 Å². The number of hydrogen-bond acceptors (Lipinski definition) is 3. The molecule has 2 aromatic rings. The van der Waals surface area contributed by atoms with Gasteiger partial charge >= 0.3 is 0 Å². The molecule has 126 valence electrons. The van der Waals surface area contributed by atoms with Crippen molar-refractivity contribution < 1.29 is 14.3 Å². The first kappa shape index (κ1) is 17.3. The van der Waals surface area contributed by atoms with E-state index in [1.807, 2.05) is 0 Å². The van der Waals surface area contributed by atoms with E-state index in [4.69, 9.17) is 23.2 Å². The van der Waals surface area contributed by atoms with E-state index < -0.39 is 17.6 Å². The van der Waals surface area contributed by atoms with Gasteiger partial charge in [-0.05, 0) is 43.0 Å². The van der Waals surface area contributed by atoms with Crippen molar-refractivity contribution in [1.82, 2.24) is 4.98 Å². The van der Waals surface area contributed by atoms with Crippen molar-refractivity contribution >= 4 is 29.0 Å². The largest absolute Gasteiger partial charge is 0.387 e. The van der Waals surface area contributed by atoms with Gasteiger partial charge in [-0.2, -0.15) is 0 Å². The second-order valence-corrected chi connectivity index (χ2v) is 6.79. The molecule has 1 aliphatic rings. The van der Waals surface area contributed by atoms with Crippen LogP contribution in [0.4, 0.5) is 4.39 Å². The second-order valence-electron chi connectivity index (χ2n) is 5.95. The van der Waals surface area contributed by atoms with Gasteiger partial charge in [-0.3, -0.25) is 9.78 Å². The van der Waals surface area contributed by atoms with Gasteiger partial charge in [-0.15, -0.1) is 0 Å². The molecule has 2 atom stereocenters. The van der Waals surface area contributed by atoms with Crippen LogP contribution < -0.4 is 0 Å². The molecule has 3 rings (SSSR count). The van der Waals surface area contributed by atoms with Crippen LogP contribution in [-0.4, -0.2) is 15.9 Å². The van der Waals surface area contributed by atoms with Gasteiger partial charge in [0.25, 0.3) is 0 Å². The van der Waals surface area contributed by atoms with Crippen LogP contribution in [0.3, 0.4) is 0 Å². The summed E-state index contributed by atoms with van der Waals surface area (Å²) in [6.45, 7) is 0. The normalized spacial score (nSPS) is 22.9. The van der Waals surface area contributed by atoms with E-state index in [1.54, 1.807) is 24.3 Å². The highest BCUT2D eigenvalue weighted by molar-refractivity contribution is 6.35. The van der Waals surface area contributed by atoms with E-state index >= 15 is 4.39 Å². The SMILES string of the molecule is O=C(CCc1ccc(Cl)cc1Cl)[C@]1(F)CC[C@H](O)c2ncccc21. The Morgan fingerprint density at radius 3 is 2.92 bits per heavy atom. The third-order valence-electron chi connectivity index (χ3n) is 4.42. The number of aromatic nitrogens is 1. The number of aliphatic hydroxyl groups is 1. The Hall–Kier alpha value is -1.49. The Morgan fingerprint density at radius 1 is 1.38 bits per heavy atom. The van der Waals surface area contributed by atoms with Crippen molar-refractivity contribution in [2.24, 2.45) is 0 Å². The van der Waals surface area contributed by atoms with Crippen molar-refractivity contribution in [2.45, 2.75) is 37.5 Å². The molecular weight excluding hydrogens is 352 g/mol. The van der Waals surface area contributed by atoms with Gasteiger partial charge in [-0.25, -0.2) is 4.39 Å². The molecule has 0 saturated heterocycles. The van der Waals surface area contributed by atoms with Crippen LogP contribution in [0.15, 0.2) is 36.5 Å². The van der Waals surface area contributed by atoms with E-state index in [0.717, 1.165) is 5.56 Å². The minimum atomic E-state index is -2.11. The number of alkyl halides is 1. The summed E-state index contributed by atoms with van der Waals surface area (Å²) >= 11 is 12.0. The Labute approximate surface area is 149 Å². The Bertz CT molecular complexity index is 783. The molecular formula is C18H16Cl2FNO2. The van der Waals surface area contributed by atoms with Gasteiger partial charge in [0, 0.05) is 28.2 Å². The quantitative estimate of drug-likeness (QED) is 0.859. The van der Waals surface area contributed by atoms with Gasteiger partial charge in [-0.1, -0.05) is 35.3 Å². The summed E-state index contributed by atoms with van der Waals surface area (Å²) in [5.74, 6) is -0.519. The van der Waals surface area contributed by atoms with Crippen LogP contribution in [0.1, 0.15) is 42.2 Å². The number of fused-ring (bicyclic) bond motifs is 1. The summed E-state index contributed by atoms with van der Waals surface area (Å²) in [5, 5.41) is 10.9. The zero-order valence-corrected chi connectivity index (χ0v) is 14.3. The number of hydrogen-bond donors (Lipinski definition) is 1. The lowest BCUT2D eigenvalue weighted by Gasteiger charge is -2.32. The maximum atomic E-state index is 15.4. The van der Waals surface area contributed by atoms with Crippen molar-refractivity contribution in [3.8, 4) is 0 Å². The molecule has 6 heteroatoms. The molecule has 0 spiro atoms. The van der Waals surface area contributed by atoms with Crippen LogP contribution in [0, 0.1) is 0 Å². The Morgan fingerprint density at radius 2 is 2.17 bits per heavy atom. The summed E-state index contributed by atoms with van der Waals surface area (Å²) in [7, 11) is 0. The molecule has 1 aromatic carbocycles. The molecule has 1 heterocycles. The third kappa shape index (κ3) is 3.18. The Balaban J connectivity index is 1.81. The van der Waals surface area contributed by atoms with E-state index in [0.29, 0.717) is 16.5 Å². The Kier molecular flexibility index (Phi) is 4.90. The number of benzene rings is 1. The summed E-state index contributed by atoms with van der Waals surface area (Å²) in [6.07, 6.45) is 1.14. The summed E-state index contributed by atoms with van der Waals surface area (Å²) in [4.78, 5) is 16.6. The number of aliphatic hydroxyl groups excluding tert-OH is 1.